The first-order valence-electron chi connectivity index (χ1n) is 6.15. The van der Waals surface area contributed by atoms with E-state index in [0.717, 1.165) is 16.5 Å². The van der Waals surface area contributed by atoms with Crippen LogP contribution in [0.1, 0.15) is 16.1 Å². The van der Waals surface area contributed by atoms with Crippen LogP contribution in [-0.2, 0) is 0 Å². The van der Waals surface area contributed by atoms with Gasteiger partial charge in [0.25, 0.3) is 0 Å². The van der Waals surface area contributed by atoms with Crippen LogP contribution in [0, 0.1) is 6.92 Å². The Labute approximate surface area is 120 Å². The van der Waals surface area contributed by atoms with Crippen LogP contribution >= 0.6 is 11.8 Å². The minimum Gasteiger partial charge on any atom is -0.453 e. The van der Waals surface area contributed by atoms with Crippen molar-refractivity contribution in [3.05, 3.63) is 54.0 Å². The molecule has 1 aromatic carbocycles. The van der Waals surface area contributed by atoms with E-state index in [-0.39, 0.29) is 11.5 Å². The Morgan fingerprint density at radius 1 is 1.25 bits per heavy atom. The predicted molar refractivity (Wildman–Crippen MR) is 78.0 cm³/mol. The van der Waals surface area contributed by atoms with E-state index in [1.165, 1.54) is 11.8 Å². The molecule has 0 amide bonds. The first-order valence-corrected chi connectivity index (χ1v) is 7.14. The highest BCUT2D eigenvalue weighted by molar-refractivity contribution is 7.99. The van der Waals surface area contributed by atoms with Gasteiger partial charge in [0.15, 0.2) is 10.9 Å². The summed E-state index contributed by atoms with van der Waals surface area (Å²) in [5, 5.41) is 1.53. The van der Waals surface area contributed by atoms with Gasteiger partial charge >= 0.3 is 0 Å². The molecule has 3 aromatic rings. The number of nitrogens with zero attached hydrogens (tertiary/aromatic N) is 2. The van der Waals surface area contributed by atoms with Crippen molar-refractivity contribution in [2.75, 3.05) is 5.75 Å². The largest absolute Gasteiger partial charge is 0.453 e. The van der Waals surface area contributed by atoms with E-state index in [0.29, 0.717) is 10.9 Å². The second kappa shape index (κ2) is 5.46. The molecule has 0 bridgehead atoms. The van der Waals surface area contributed by atoms with Gasteiger partial charge in [-0.2, -0.15) is 0 Å². The molecule has 2 aromatic heterocycles. The Morgan fingerprint density at radius 2 is 2.00 bits per heavy atom. The monoisotopic (exact) mass is 284 g/mol. The zero-order valence-corrected chi connectivity index (χ0v) is 11.7. The number of fused-ring (bicyclic) bond motifs is 1. The van der Waals surface area contributed by atoms with Crippen LogP contribution in [0.4, 0.5) is 0 Å². The van der Waals surface area contributed by atoms with Gasteiger partial charge in [-0.05, 0) is 24.6 Å². The first-order chi connectivity index (χ1) is 9.72. The van der Waals surface area contributed by atoms with Gasteiger partial charge in [0.05, 0.1) is 5.75 Å². The number of carbonyl (C=O) groups is 1. The van der Waals surface area contributed by atoms with Gasteiger partial charge in [-0.25, -0.2) is 9.97 Å². The Bertz CT molecular complexity index is 717. The molecule has 0 radical (unpaired) electrons. The van der Waals surface area contributed by atoms with Gasteiger partial charge in [-0.1, -0.05) is 30.0 Å². The SMILES string of the molecule is Cc1cnc(SCC(=O)c2cc3ccccc3o2)nc1. The molecule has 20 heavy (non-hydrogen) atoms. The number of ketones is 1. The lowest BCUT2D eigenvalue weighted by Gasteiger charge is -1.98. The van der Waals surface area contributed by atoms with Crippen LogP contribution in [0.3, 0.4) is 0 Å². The Kier molecular flexibility index (Phi) is 3.52. The van der Waals surface area contributed by atoms with Crippen molar-refractivity contribution in [2.45, 2.75) is 12.1 Å². The molecule has 0 aliphatic carbocycles. The maximum atomic E-state index is 12.1. The summed E-state index contributed by atoms with van der Waals surface area (Å²) in [6, 6.07) is 9.35. The van der Waals surface area contributed by atoms with Crippen molar-refractivity contribution < 1.29 is 9.21 Å². The van der Waals surface area contributed by atoms with Gasteiger partial charge in [-0.3, -0.25) is 4.79 Å². The van der Waals surface area contributed by atoms with E-state index >= 15 is 0 Å². The maximum Gasteiger partial charge on any atom is 0.208 e. The molecule has 5 heteroatoms. The third-order valence-electron chi connectivity index (χ3n) is 2.79. The second-order valence-corrected chi connectivity index (χ2v) is 5.35. The summed E-state index contributed by atoms with van der Waals surface area (Å²) in [6.07, 6.45) is 3.47. The van der Waals surface area contributed by atoms with Crippen LogP contribution in [0.5, 0.6) is 0 Å². The smallest absolute Gasteiger partial charge is 0.208 e. The molecule has 0 spiro atoms. The average Bonchev–Trinajstić information content (AvgIpc) is 2.90. The highest BCUT2D eigenvalue weighted by Gasteiger charge is 2.13. The van der Waals surface area contributed by atoms with E-state index in [1.54, 1.807) is 18.5 Å². The zero-order chi connectivity index (χ0) is 13.9. The number of aryl methyl sites for hydroxylation is 1. The van der Waals surface area contributed by atoms with Crippen LogP contribution in [0.15, 0.2) is 52.3 Å². The average molecular weight is 284 g/mol. The number of Topliss-reactive ketones (excluding diaryl/α,β-unsaturated/α-hetero) is 1. The number of benzene rings is 1. The van der Waals surface area contributed by atoms with Crippen LogP contribution in [0.2, 0.25) is 0 Å². The topological polar surface area (TPSA) is 56.0 Å². The molecule has 0 aliphatic rings. The van der Waals surface area contributed by atoms with Crippen molar-refractivity contribution >= 4 is 28.5 Å². The standard InChI is InChI=1S/C15H12N2O2S/c1-10-7-16-15(17-8-10)20-9-12(18)14-6-11-4-2-3-5-13(11)19-14/h2-8H,9H2,1H3. The van der Waals surface area contributed by atoms with E-state index in [4.69, 9.17) is 4.42 Å². The van der Waals surface area contributed by atoms with Crippen molar-refractivity contribution in [1.82, 2.24) is 9.97 Å². The van der Waals surface area contributed by atoms with Crippen molar-refractivity contribution in [3.63, 3.8) is 0 Å². The number of rotatable bonds is 4. The molecule has 0 unspecified atom stereocenters. The van der Waals surface area contributed by atoms with E-state index in [2.05, 4.69) is 9.97 Å². The lowest BCUT2D eigenvalue weighted by atomic mass is 10.2. The molecule has 2 heterocycles. The van der Waals surface area contributed by atoms with E-state index in [9.17, 15) is 4.79 Å². The Balaban J connectivity index is 1.71. The molecule has 0 aliphatic heterocycles. The fourth-order valence-corrected chi connectivity index (χ4v) is 2.43. The molecule has 0 saturated heterocycles. The summed E-state index contributed by atoms with van der Waals surface area (Å²) < 4.78 is 5.53. The number of para-hydroxylation sites is 1. The molecule has 0 N–H and O–H groups in total. The summed E-state index contributed by atoms with van der Waals surface area (Å²) >= 11 is 1.31. The minimum absolute atomic E-state index is 0.0598. The summed E-state index contributed by atoms with van der Waals surface area (Å²) in [4.78, 5) is 20.4. The van der Waals surface area contributed by atoms with Crippen molar-refractivity contribution in [3.8, 4) is 0 Å². The Hall–Kier alpha value is -2.14. The lowest BCUT2D eigenvalue weighted by molar-refractivity contribution is 0.0994. The summed E-state index contributed by atoms with van der Waals surface area (Å²) in [7, 11) is 0. The molecule has 0 atom stereocenters. The van der Waals surface area contributed by atoms with Gasteiger partial charge in [0.2, 0.25) is 5.78 Å². The summed E-state index contributed by atoms with van der Waals surface area (Å²) in [6.45, 7) is 1.92. The number of hydrogen-bond acceptors (Lipinski definition) is 5. The number of carbonyl (C=O) groups excluding carboxylic acids is 1. The fraction of sp³-hybridized carbons (Fsp3) is 0.133. The lowest BCUT2D eigenvalue weighted by Crippen LogP contribution is -2.01. The highest BCUT2D eigenvalue weighted by Crippen LogP contribution is 2.21. The van der Waals surface area contributed by atoms with Gasteiger partial charge in [0.1, 0.15) is 5.58 Å². The molecule has 3 rings (SSSR count). The van der Waals surface area contributed by atoms with Crippen LogP contribution in [0.25, 0.3) is 11.0 Å². The van der Waals surface area contributed by atoms with Crippen molar-refractivity contribution in [2.24, 2.45) is 0 Å². The van der Waals surface area contributed by atoms with E-state index < -0.39 is 0 Å². The summed E-state index contributed by atoms with van der Waals surface area (Å²) in [5.41, 5.74) is 1.73. The summed E-state index contributed by atoms with van der Waals surface area (Å²) in [5.74, 6) is 0.587. The third-order valence-corrected chi connectivity index (χ3v) is 3.67. The molecular weight excluding hydrogens is 272 g/mol. The van der Waals surface area contributed by atoms with Gasteiger partial charge < -0.3 is 4.42 Å². The molecule has 4 nitrogen and oxygen atoms in total. The first kappa shape index (κ1) is 12.9. The Morgan fingerprint density at radius 3 is 2.75 bits per heavy atom. The van der Waals surface area contributed by atoms with Gasteiger partial charge in [-0.15, -0.1) is 0 Å². The van der Waals surface area contributed by atoms with Crippen LogP contribution < -0.4 is 0 Å². The number of furan rings is 1. The van der Waals surface area contributed by atoms with Crippen LogP contribution in [-0.4, -0.2) is 21.5 Å². The zero-order valence-electron chi connectivity index (χ0n) is 10.9. The van der Waals surface area contributed by atoms with E-state index in [1.807, 2.05) is 31.2 Å². The molecule has 100 valence electrons. The number of hydrogen-bond donors (Lipinski definition) is 0. The van der Waals surface area contributed by atoms with Gasteiger partial charge in [0, 0.05) is 17.8 Å². The third kappa shape index (κ3) is 2.72. The highest BCUT2D eigenvalue weighted by atomic mass is 32.2. The molecule has 0 saturated carbocycles. The maximum absolute atomic E-state index is 12.1. The molecule has 0 fully saturated rings. The molecular formula is C15H12N2O2S. The van der Waals surface area contributed by atoms with Crippen molar-refractivity contribution in [1.29, 1.82) is 0 Å². The normalized spacial score (nSPS) is 10.8. The number of aromatic nitrogens is 2. The number of thioether (sulfide) groups is 1. The predicted octanol–water partition coefficient (Wildman–Crippen LogP) is 3.51. The fourth-order valence-electron chi connectivity index (χ4n) is 1.78. The second-order valence-electron chi connectivity index (χ2n) is 4.40. The quantitative estimate of drug-likeness (QED) is 0.417. The minimum atomic E-state index is -0.0598.